The van der Waals surface area contributed by atoms with Crippen LogP contribution < -0.4 is 5.73 Å². The molecule has 0 fully saturated rings. The summed E-state index contributed by atoms with van der Waals surface area (Å²) in [6, 6.07) is 5.77. The van der Waals surface area contributed by atoms with Gasteiger partial charge in [-0.1, -0.05) is 32.9 Å². The van der Waals surface area contributed by atoms with Crippen molar-refractivity contribution in [2.24, 2.45) is 5.41 Å². The van der Waals surface area contributed by atoms with Crippen LogP contribution in [0.4, 0.5) is 5.69 Å². The lowest BCUT2D eigenvalue weighted by Crippen LogP contribution is -2.19. The maximum absolute atomic E-state index is 10.0. The Morgan fingerprint density at radius 3 is 2.29 bits per heavy atom. The second-order valence-corrected chi connectivity index (χ2v) is 4.90. The topological polar surface area (TPSA) is 46.2 Å². The van der Waals surface area contributed by atoms with E-state index in [1.165, 1.54) is 0 Å². The third-order valence-electron chi connectivity index (χ3n) is 2.36. The van der Waals surface area contributed by atoms with E-state index in [-0.39, 0.29) is 5.41 Å². The highest BCUT2D eigenvalue weighted by atomic mass is 16.3. The lowest BCUT2D eigenvalue weighted by Gasteiger charge is -2.27. The molecule has 0 aliphatic rings. The van der Waals surface area contributed by atoms with E-state index in [2.05, 4.69) is 0 Å². The highest BCUT2D eigenvalue weighted by Crippen LogP contribution is 2.35. The Bertz CT molecular complexity index is 326. The van der Waals surface area contributed by atoms with E-state index in [9.17, 15) is 5.11 Å². The first kappa shape index (κ1) is 11.1. The van der Waals surface area contributed by atoms with Crippen LogP contribution in [0, 0.1) is 12.3 Å². The molecule has 0 saturated carbocycles. The van der Waals surface area contributed by atoms with Gasteiger partial charge in [-0.25, -0.2) is 0 Å². The van der Waals surface area contributed by atoms with Gasteiger partial charge in [0.2, 0.25) is 0 Å². The van der Waals surface area contributed by atoms with Crippen molar-refractivity contribution >= 4 is 5.69 Å². The molecule has 0 spiro atoms. The number of hydrogen-bond donors (Lipinski definition) is 2. The average Bonchev–Trinajstić information content (AvgIpc) is 2.01. The standard InChI is InChI=1S/C12H19NO/c1-8-5-6-9(10(13)7-8)11(14)12(2,3)4/h5-7,11,14H,13H2,1-4H3. The Labute approximate surface area is 85.8 Å². The van der Waals surface area contributed by atoms with Crippen molar-refractivity contribution in [3.05, 3.63) is 29.3 Å². The van der Waals surface area contributed by atoms with E-state index in [0.29, 0.717) is 5.69 Å². The number of hydrogen-bond acceptors (Lipinski definition) is 2. The van der Waals surface area contributed by atoms with E-state index in [1.807, 2.05) is 45.9 Å². The summed E-state index contributed by atoms with van der Waals surface area (Å²) in [5.74, 6) is 0. The summed E-state index contributed by atoms with van der Waals surface area (Å²) >= 11 is 0. The Morgan fingerprint density at radius 1 is 1.29 bits per heavy atom. The van der Waals surface area contributed by atoms with Crippen molar-refractivity contribution in [3.63, 3.8) is 0 Å². The normalized spacial score (nSPS) is 14.1. The largest absolute Gasteiger partial charge is 0.398 e. The summed E-state index contributed by atoms with van der Waals surface area (Å²) in [5, 5.41) is 10.0. The fourth-order valence-corrected chi connectivity index (χ4v) is 1.41. The zero-order valence-corrected chi connectivity index (χ0v) is 9.33. The second-order valence-electron chi connectivity index (χ2n) is 4.90. The first-order valence-corrected chi connectivity index (χ1v) is 4.86. The molecule has 1 unspecified atom stereocenters. The van der Waals surface area contributed by atoms with Gasteiger partial charge < -0.3 is 10.8 Å². The van der Waals surface area contributed by atoms with Crippen molar-refractivity contribution in [1.82, 2.24) is 0 Å². The fourth-order valence-electron chi connectivity index (χ4n) is 1.41. The number of aliphatic hydroxyl groups excluding tert-OH is 1. The van der Waals surface area contributed by atoms with Crippen molar-refractivity contribution in [3.8, 4) is 0 Å². The minimum Gasteiger partial charge on any atom is -0.398 e. The molecule has 78 valence electrons. The summed E-state index contributed by atoms with van der Waals surface area (Å²) in [6.07, 6.45) is -0.511. The summed E-state index contributed by atoms with van der Waals surface area (Å²) in [6.45, 7) is 7.98. The lowest BCUT2D eigenvalue weighted by atomic mass is 9.84. The smallest absolute Gasteiger partial charge is 0.0858 e. The van der Waals surface area contributed by atoms with Crippen LogP contribution in [0.15, 0.2) is 18.2 Å². The highest BCUT2D eigenvalue weighted by molar-refractivity contribution is 5.50. The van der Waals surface area contributed by atoms with Crippen molar-refractivity contribution in [2.75, 3.05) is 5.73 Å². The molecule has 0 radical (unpaired) electrons. The molecule has 1 rings (SSSR count). The maximum atomic E-state index is 10.0. The molecule has 0 bridgehead atoms. The number of benzene rings is 1. The molecule has 0 aromatic heterocycles. The van der Waals surface area contributed by atoms with Gasteiger partial charge in [0.25, 0.3) is 0 Å². The van der Waals surface area contributed by atoms with Gasteiger partial charge in [0.15, 0.2) is 0 Å². The van der Waals surface area contributed by atoms with Crippen LogP contribution in [-0.2, 0) is 0 Å². The molecule has 0 heterocycles. The van der Waals surface area contributed by atoms with Gasteiger partial charge in [-0.3, -0.25) is 0 Å². The SMILES string of the molecule is Cc1ccc(C(O)C(C)(C)C)c(N)c1. The molecule has 1 aromatic carbocycles. The highest BCUT2D eigenvalue weighted by Gasteiger charge is 2.25. The summed E-state index contributed by atoms with van der Waals surface area (Å²) in [7, 11) is 0. The van der Waals surface area contributed by atoms with E-state index in [4.69, 9.17) is 5.73 Å². The van der Waals surface area contributed by atoms with Crippen LogP contribution in [0.2, 0.25) is 0 Å². The first-order valence-electron chi connectivity index (χ1n) is 4.86. The number of nitrogen functional groups attached to an aromatic ring is 1. The molecule has 0 saturated heterocycles. The maximum Gasteiger partial charge on any atom is 0.0858 e. The van der Waals surface area contributed by atoms with Crippen LogP contribution in [0.3, 0.4) is 0 Å². The van der Waals surface area contributed by atoms with Crippen LogP contribution in [0.5, 0.6) is 0 Å². The number of aliphatic hydroxyl groups is 1. The molecule has 0 amide bonds. The van der Waals surface area contributed by atoms with Gasteiger partial charge >= 0.3 is 0 Å². The van der Waals surface area contributed by atoms with E-state index < -0.39 is 6.10 Å². The van der Waals surface area contributed by atoms with Crippen LogP contribution in [0.1, 0.15) is 38.0 Å². The minimum atomic E-state index is -0.511. The Balaban J connectivity index is 3.08. The third-order valence-corrected chi connectivity index (χ3v) is 2.36. The molecule has 14 heavy (non-hydrogen) atoms. The van der Waals surface area contributed by atoms with Gasteiger partial charge in [0.1, 0.15) is 0 Å². The zero-order chi connectivity index (χ0) is 10.9. The predicted molar refractivity (Wildman–Crippen MR) is 60.0 cm³/mol. The van der Waals surface area contributed by atoms with Crippen molar-refractivity contribution in [2.45, 2.75) is 33.8 Å². The average molecular weight is 193 g/mol. The number of nitrogens with two attached hydrogens (primary N) is 1. The molecular weight excluding hydrogens is 174 g/mol. The quantitative estimate of drug-likeness (QED) is 0.673. The van der Waals surface area contributed by atoms with Gasteiger partial charge in [0, 0.05) is 11.3 Å². The zero-order valence-electron chi connectivity index (χ0n) is 9.33. The second kappa shape index (κ2) is 3.62. The molecule has 2 heteroatoms. The molecular formula is C12H19NO. The lowest BCUT2D eigenvalue weighted by molar-refractivity contribution is 0.0633. The molecule has 3 N–H and O–H groups in total. The summed E-state index contributed by atoms with van der Waals surface area (Å²) in [4.78, 5) is 0. The third kappa shape index (κ3) is 2.26. The Morgan fingerprint density at radius 2 is 1.86 bits per heavy atom. The van der Waals surface area contributed by atoms with Crippen LogP contribution in [-0.4, -0.2) is 5.11 Å². The summed E-state index contributed by atoms with van der Waals surface area (Å²) in [5.41, 5.74) is 8.30. The van der Waals surface area contributed by atoms with Crippen molar-refractivity contribution < 1.29 is 5.11 Å². The number of rotatable bonds is 1. The monoisotopic (exact) mass is 193 g/mol. The Hall–Kier alpha value is -1.02. The Kier molecular flexibility index (Phi) is 2.86. The van der Waals surface area contributed by atoms with Gasteiger partial charge in [-0.05, 0) is 24.0 Å². The van der Waals surface area contributed by atoms with Crippen LogP contribution in [0.25, 0.3) is 0 Å². The number of aryl methyl sites for hydroxylation is 1. The van der Waals surface area contributed by atoms with Crippen LogP contribution >= 0.6 is 0 Å². The summed E-state index contributed by atoms with van der Waals surface area (Å²) < 4.78 is 0. The predicted octanol–water partition coefficient (Wildman–Crippen LogP) is 2.66. The van der Waals surface area contributed by atoms with E-state index >= 15 is 0 Å². The molecule has 0 aliphatic heterocycles. The molecule has 1 aromatic rings. The molecule has 2 nitrogen and oxygen atoms in total. The molecule has 1 atom stereocenters. The molecule has 0 aliphatic carbocycles. The van der Waals surface area contributed by atoms with E-state index in [0.717, 1.165) is 11.1 Å². The number of anilines is 1. The van der Waals surface area contributed by atoms with Gasteiger partial charge in [-0.15, -0.1) is 0 Å². The van der Waals surface area contributed by atoms with Crippen molar-refractivity contribution in [1.29, 1.82) is 0 Å². The van der Waals surface area contributed by atoms with Gasteiger partial charge in [0.05, 0.1) is 6.10 Å². The van der Waals surface area contributed by atoms with E-state index in [1.54, 1.807) is 0 Å². The minimum absolute atomic E-state index is 0.177. The fraction of sp³-hybridized carbons (Fsp3) is 0.500. The first-order chi connectivity index (χ1) is 6.32. The van der Waals surface area contributed by atoms with Gasteiger partial charge in [-0.2, -0.15) is 0 Å².